The second-order valence-electron chi connectivity index (χ2n) is 4.00. The van der Waals surface area contributed by atoms with Crippen LogP contribution >= 0.6 is 15.9 Å². The summed E-state index contributed by atoms with van der Waals surface area (Å²) in [6.45, 7) is 0. The largest absolute Gasteiger partial charge is 0.493 e. The molecule has 2 rings (SSSR count). The highest BCUT2D eigenvalue weighted by Gasteiger charge is 2.11. The van der Waals surface area contributed by atoms with Crippen LogP contribution in [0.5, 0.6) is 11.5 Å². The highest BCUT2D eigenvalue weighted by atomic mass is 79.9. The van der Waals surface area contributed by atoms with Gasteiger partial charge in [0.15, 0.2) is 11.5 Å². The van der Waals surface area contributed by atoms with Crippen LogP contribution in [-0.2, 0) is 0 Å². The van der Waals surface area contributed by atoms with E-state index in [0.29, 0.717) is 22.7 Å². The van der Waals surface area contributed by atoms with E-state index in [-0.39, 0.29) is 5.91 Å². The summed E-state index contributed by atoms with van der Waals surface area (Å²) in [5.41, 5.74) is 1.21. The fourth-order valence-electron chi connectivity index (χ4n) is 1.76. The number of benzene rings is 2. The van der Waals surface area contributed by atoms with E-state index < -0.39 is 0 Å². The first-order chi connectivity index (χ1) is 9.65. The van der Waals surface area contributed by atoms with Gasteiger partial charge < -0.3 is 14.8 Å². The van der Waals surface area contributed by atoms with E-state index in [2.05, 4.69) is 21.2 Å². The predicted octanol–water partition coefficient (Wildman–Crippen LogP) is 3.72. The number of carbonyl (C=O) groups is 1. The quantitative estimate of drug-likeness (QED) is 0.926. The molecule has 0 radical (unpaired) electrons. The topological polar surface area (TPSA) is 47.6 Å². The van der Waals surface area contributed by atoms with Gasteiger partial charge in [0, 0.05) is 16.2 Å². The minimum Gasteiger partial charge on any atom is -0.493 e. The van der Waals surface area contributed by atoms with Crippen LogP contribution in [0.4, 0.5) is 5.69 Å². The van der Waals surface area contributed by atoms with Crippen molar-refractivity contribution in [1.29, 1.82) is 0 Å². The zero-order valence-electron chi connectivity index (χ0n) is 11.1. The van der Waals surface area contributed by atoms with Gasteiger partial charge in [-0.25, -0.2) is 0 Å². The van der Waals surface area contributed by atoms with E-state index in [1.54, 1.807) is 38.5 Å². The average molecular weight is 336 g/mol. The second kappa shape index (κ2) is 6.43. The first-order valence-electron chi connectivity index (χ1n) is 5.93. The fourth-order valence-corrected chi connectivity index (χ4v) is 2.22. The molecule has 0 heterocycles. The second-order valence-corrected chi connectivity index (χ2v) is 4.86. The molecular formula is C15H14BrNO3. The van der Waals surface area contributed by atoms with Gasteiger partial charge in [-0.3, -0.25) is 4.79 Å². The smallest absolute Gasteiger partial charge is 0.256 e. The third-order valence-corrected chi connectivity index (χ3v) is 3.45. The van der Waals surface area contributed by atoms with Gasteiger partial charge in [0.25, 0.3) is 5.91 Å². The molecule has 0 aliphatic rings. The molecule has 0 aliphatic carbocycles. The number of anilines is 1. The number of methoxy groups -OCH3 is 2. The summed E-state index contributed by atoms with van der Waals surface area (Å²) < 4.78 is 11.1. The number of hydrogen-bond donors (Lipinski definition) is 1. The zero-order chi connectivity index (χ0) is 14.5. The standard InChI is InChI=1S/C15H14BrNO3/c1-19-13-8-7-10(9-14(13)20-2)17-15(18)11-5-3-4-6-12(11)16/h3-9H,1-2H3,(H,17,18). The molecule has 104 valence electrons. The van der Waals surface area contributed by atoms with E-state index in [1.165, 1.54) is 0 Å². The van der Waals surface area contributed by atoms with Crippen LogP contribution in [-0.4, -0.2) is 20.1 Å². The number of amides is 1. The van der Waals surface area contributed by atoms with Crippen molar-refractivity contribution in [2.75, 3.05) is 19.5 Å². The molecule has 0 bridgehead atoms. The van der Waals surface area contributed by atoms with Gasteiger partial charge in [0.2, 0.25) is 0 Å². The SMILES string of the molecule is COc1ccc(NC(=O)c2ccccc2Br)cc1OC. The number of halogens is 1. The van der Waals surface area contributed by atoms with Gasteiger partial charge in [-0.05, 0) is 40.2 Å². The molecule has 0 spiro atoms. The third-order valence-electron chi connectivity index (χ3n) is 2.76. The summed E-state index contributed by atoms with van der Waals surface area (Å²) in [6, 6.07) is 12.5. The lowest BCUT2D eigenvalue weighted by atomic mass is 10.2. The Kier molecular flexibility index (Phi) is 4.63. The first-order valence-corrected chi connectivity index (χ1v) is 6.73. The van der Waals surface area contributed by atoms with Crippen LogP contribution in [0.25, 0.3) is 0 Å². The van der Waals surface area contributed by atoms with Gasteiger partial charge in [-0.1, -0.05) is 12.1 Å². The summed E-state index contributed by atoms with van der Waals surface area (Å²) in [5, 5.41) is 2.82. The molecule has 0 unspecified atom stereocenters. The maximum Gasteiger partial charge on any atom is 0.256 e. The molecule has 0 saturated heterocycles. The Morgan fingerprint density at radius 2 is 1.75 bits per heavy atom. The number of nitrogens with one attached hydrogen (secondary N) is 1. The third kappa shape index (κ3) is 3.11. The Labute approximate surface area is 125 Å². The molecule has 1 N–H and O–H groups in total. The number of rotatable bonds is 4. The molecule has 0 aliphatic heterocycles. The molecule has 2 aromatic rings. The highest BCUT2D eigenvalue weighted by molar-refractivity contribution is 9.10. The van der Waals surface area contributed by atoms with Crippen LogP contribution in [0.3, 0.4) is 0 Å². The van der Waals surface area contributed by atoms with Crippen molar-refractivity contribution in [3.63, 3.8) is 0 Å². The predicted molar refractivity (Wildman–Crippen MR) is 81.6 cm³/mol. The van der Waals surface area contributed by atoms with E-state index in [9.17, 15) is 4.79 Å². The Balaban J connectivity index is 2.22. The monoisotopic (exact) mass is 335 g/mol. The minimum absolute atomic E-state index is 0.190. The number of ether oxygens (including phenoxy) is 2. The van der Waals surface area contributed by atoms with Crippen molar-refractivity contribution in [2.45, 2.75) is 0 Å². The molecule has 5 heteroatoms. The number of hydrogen-bond acceptors (Lipinski definition) is 3. The van der Waals surface area contributed by atoms with Crippen molar-refractivity contribution >= 4 is 27.5 Å². The Bertz CT molecular complexity index is 628. The van der Waals surface area contributed by atoms with Crippen molar-refractivity contribution in [2.24, 2.45) is 0 Å². The molecule has 2 aromatic carbocycles. The summed E-state index contributed by atoms with van der Waals surface area (Å²) in [4.78, 5) is 12.2. The Morgan fingerprint density at radius 3 is 2.40 bits per heavy atom. The Hall–Kier alpha value is -2.01. The Morgan fingerprint density at radius 1 is 1.05 bits per heavy atom. The molecule has 0 aromatic heterocycles. The van der Waals surface area contributed by atoms with Crippen LogP contribution in [0, 0.1) is 0 Å². The van der Waals surface area contributed by atoms with E-state index in [0.717, 1.165) is 4.47 Å². The van der Waals surface area contributed by atoms with Crippen molar-refractivity contribution in [3.8, 4) is 11.5 Å². The van der Waals surface area contributed by atoms with E-state index in [4.69, 9.17) is 9.47 Å². The average Bonchev–Trinajstić information content (AvgIpc) is 2.47. The summed E-state index contributed by atoms with van der Waals surface area (Å²) >= 11 is 3.36. The molecule has 0 fully saturated rings. The van der Waals surface area contributed by atoms with Crippen molar-refractivity contribution < 1.29 is 14.3 Å². The highest BCUT2D eigenvalue weighted by Crippen LogP contribution is 2.30. The van der Waals surface area contributed by atoms with Gasteiger partial charge in [-0.15, -0.1) is 0 Å². The zero-order valence-corrected chi connectivity index (χ0v) is 12.7. The lowest BCUT2D eigenvalue weighted by Crippen LogP contribution is -2.12. The first kappa shape index (κ1) is 14.4. The molecule has 20 heavy (non-hydrogen) atoms. The van der Waals surface area contributed by atoms with Crippen LogP contribution in [0.1, 0.15) is 10.4 Å². The summed E-state index contributed by atoms with van der Waals surface area (Å²) in [7, 11) is 3.12. The fraction of sp³-hybridized carbons (Fsp3) is 0.133. The van der Waals surface area contributed by atoms with E-state index in [1.807, 2.05) is 18.2 Å². The number of carbonyl (C=O) groups excluding carboxylic acids is 1. The van der Waals surface area contributed by atoms with Crippen molar-refractivity contribution in [3.05, 3.63) is 52.5 Å². The lowest BCUT2D eigenvalue weighted by molar-refractivity contribution is 0.102. The van der Waals surface area contributed by atoms with Crippen LogP contribution in [0.15, 0.2) is 46.9 Å². The van der Waals surface area contributed by atoms with Gasteiger partial charge in [0.05, 0.1) is 19.8 Å². The van der Waals surface area contributed by atoms with Crippen molar-refractivity contribution in [1.82, 2.24) is 0 Å². The molecule has 0 saturated carbocycles. The van der Waals surface area contributed by atoms with Crippen LogP contribution < -0.4 is 14.8 Å². The maximum absolute atomic E-state index is 12.2. The van der Waals surface area contributed by atoms with Crippen LogP contribution in [0.2, 0.25) is 0 Å². The molecule has 0 atom stereocenters. The molecule has 1 amide bonds. The van der Waals surface area contributed by atoms with E-state index >= 15 is 0 Å². The normalized spacial score (nSPS) is 9.95. The maximum atomic E-state index is 12.2. The van der Waals surface area contributed by atoms with Gasteiger partial charge in [-0.2, -0.15) is 0 Å². The molecular weight excluding hydrogens is 322 g/mol. The van der Waals surface area contributed by atoms with Gasteiger partial charge in [0.1, 0.15) is 0 Å². The summed E-state index contributed by atoms with van der Waals surface area (Å²) in [5.74, 6) is 0.994. The minimum atomic E-state index is -0.190. The summed E-state index contributed by atoms with van der Waals surface area (Å²) in [6.07, 6.45) is 0. The lowest BCUT2D eigenvalue weighted by Gasteiger charge is -2.11. The van der Waals surface area contributed by atoms with Gasteiger partial charge >= 0.3 is 0 Å². The molecule has 4 nitrogen and oxygen atoms in total.